The molecule has 2 N–H and O–H groups in total. The molecule has 2 rings (SSSR count). The zero-order valence-electron chi connectivity index (χ0n) is 11.9. The molecule has 4 heteroatoms. The Morgan fingerprint density at radius 2 is 1.84 bits per heavy atom. The third-order valence-electron chi connectivity index (χ3n) is 4.44. The Morgan fingerprint density at radius 1 is 1.11 bits per heavy atom. The number of hydrogen-bond donors (Lipinski definition) is 2. The lowest BCUT2D eigenvalue weighted by molar-refractivity contribution is -0.125. The maximum Gasteiger partial charge on any atom is 0.223 e. The Morgan fingerprint density at radius 3 is 2.47 bits per heavy atom. The van der Waals surface area contributed by atoms with E-state index < -0.39 is 0 Å². The van der Waals surface area contributed by atoms with E-state index in [0.717, 1.165) is 31.6 Å². The van der Waals surface area contributed by atoms with E-state index in [1.165, 1.54) is 19.3 Å². The molecule has 0 spiro atoms. The van der Waals surface area contributed by atoms with Crippen LogP contribution in [0.2, 0.25) is 0 Å². The van der Waals surface area contributed by atoms with Crippen LogP contribution in [0.15, 0.2) is 0 Å². The van der Waals surface area contributed by atoms with Gasteiger partial charge in [0.15, 0.2) is 0 Å². The van der Waals surface area contributed by atoms with E-state index in [1.54, 1.807) is 0 Å². The summed E-state index contributed by atoms with van der Waals surface area (Å²) in [5, 5.41) is 5.95. The average Bonchev–Trinajstić information content (AvgIpc) is 3.00. The van der Waals surface area contributed by atoms with Crippen molar-refractivity contribution in [1.82, 2.24) is 10.6 Å². The summed E-state index contributed by atoms with van der Waals surface area (Å²) in [6.07, 6.45) is 8.17. The number of hydrogen-bond acceptors (Lipinski definition) is 2. The summed E-state index contributed by atoms with van der Waals surface area (Å²) in [4.78, 5) is 23.5. The first kappa shape index (κ1) is 14.4. The molecule has 4 nitrogen and oxygen atoms in total. The lowest BCUT2D eigenvalue weighted by atomic mass is 10.1. The Hall–Kier alpha value is -1.06. The van der Waals surface area contributed by atoms with Crippen molar-refractivity contribution < 1.29 is 9.59 Å². The Bertz CT molecular complexity index is 324. The van der Waals surface area contributed by atoms with Crippen LogP contribution in [-0.2, 0) is 9.59 Å². The number of carbonyl (C=O) groups excluding carboxylic acids is 2. The highest BCUT2D eigenvalue weighted by Crippen LogP contribution is 2.25. The van der Waals surface area contributed by atoms with Crippen LogP contribution >= 0.6 is 0 Å². The molecule has 2 fully saturated rings. The fraction of sp³-hybridized carbons (Fsp3) is 0.867. The molecule has 0 aromatic heterocycles. The van der Waals surface area contributed by atoms with Gasteiger partial charge >= 0.3 is 0 Å². The van der Waals surface area contributed by atoms with Crippen molar-refractivity contribution in [2.24, 2.45) is 11.8 Å². The second-order valence-corrected chi connectivity index (χ2v) is 6.21. The molecule has 0 radical (unpaired) electrons. The van der Waals surface area contributed by atoms with Gasteiger partial charge in [-0.2, -0.15) is 0 Å². The molecule has 0 heterocycles. The van der Waals surface area contributed by atoms with Crippen LogP contribution in [0.1, 0.15) is 58.3 Å². The van der Waals surface area contributed by atoms with E-state index in [-0.39, 0.29) is 17.7 Å². The van der Waals surface area contributed by atoms with E-state index in [1.807, 2.05) is 0 Å². The monoisotopic (exact) mass is 266 g/mol. The molecule has 2 aliphatic carbocycles. The predicted molar refractivity (Wildman–Crippen MR) is 74.5 cm³/mol. The number of nitrogens with one attached hydrogen (secondary N) is 2. The van der Waals surface area contributed by atoms with Crippen molar-refractivity contribution in [3.8, 4) is 0 Å². The van der Waals surface area contributed by atoms with Crippen molar-refractivity contribution in [1.29, 1.82) is 0 Å². The molecule has 108 valence electrons. The standard InChI is InChI=1S/C15H26N2O2/c1-11-6-7-13(10-11)17-14(18)8-9-16-15(19)12-4-2-3-5-12/h11-13H,2-10H2,1H3,(H,16,19)(H,17,18). The zero-order chi connectivity index (χ0) is 13.7. The van der Waals surface area contributed by atoms with Gasteiger partial charge < -0.3 is 10.6 Å². The molecule has 2 unspecified atom stereocenters. The van der Waals surface area contributed by atoms with Gasteiger partial charge in [0.2, 0.25) is 11.8 Å². The highest BCUT2D eigenvalue weighted by molar-refractivity contribution is 5.80. The van der Waals surface area contributed by atoms with Gasteiger partial charge in [0.1, 0.15) is 0 Å². The van der Waals surface area contributed by atoms with Crippen molar-refractivity contribution in [3.05, 3.63) is 0 Å². The summed E-state index contributed by atoms with van der Waals surface area (Å²) in [5.41, 5.74) is 0. The molecule has 2 amide bonds. The second-order valence-electron chi connectivity index (χ2n) is 6.21. The average molecular weight is 266 g/mol. The van der Waals surface area contributed by atoms with Crippen molar-refractivity contribution in [3.63, 3.8) is 0 Å². The highest BCUT2D eigenvalue weighted by atomic mass is 16.2. The summed E-state index contributed by atoms with van der Waals surface area (Å²) in [5.74, 6) is 1.14. The third-order valence-corrected chi connectivity index (χ3v) is 4.44. The number of carbonyl (C=O) groups is 2. The maximum absolute atomic E-state index is 11.8. The van der Waals surface area contributed by atoms with Crippen LogP contribution in [0.4, 0.5) is 0 Å². The molecule has 19 heavy (non-hydrogen) atoms. The van der Waals surface area contributed by atoms with E-state index >= 15 is 0 Å². The molecule has 0 bridgehead atoms. The topological polar surface area (TPSA) is 58.2 Å². The molecular formula is C15H26N2O2. The van der Waals surface area contributed by atoms with E-state index in [9.17, 15) is 9.59 Å². The summed E-state index contributed by atoms with van der Waals surface area (Å²) >= 11 is 0. The molecule has 0 aromatic carbocycles. The first-order valence-corrected chi connectivity index (χ1v) is 7.72. The van der Waals surface area contributed by atoms with Crippen LogP contribution in [-0.4, -0.2) is 24.4 Å². The minimum absolute atomic E-state index is 0.0748. The third kappa shape index (κ3) is 4.51. The largest absolute Gasteiger partial charge is 0.355 e. The quantitative estimate of drug-likeness (QED) is 0.799. The molecule has 2 saturated carbocycles. The molecule has 2 atom stereocenters. The summed E-state index contributed by atoms with van der Waals surface area (Å²) in [6, 6.07) is 0.355. The van der Waals surface area contributed by atoms with Gasteiger partial charge in [-0.3, -0.25) is 9.59 Å². The molecule has 2 aliphatic rings. The lowest BCUT2D eigenvalue weighted by Crippen LogP contribution is -2.37. The van der Waals surface area contributed by atoms with Crippen LogP contribution in [0.25, 0.3) is 0 Å². The van der Waals surface area contributed by atoms with Crippen molar-refractivity contribution in [2.45, 2.75) is 64.3 Å². The van der Waals surface area contributed by atoms with Gasteiger partial charge in [0.05, 0.1) is 0 Å². The molecule has 0 aliphatic heterocycles. The van der Waals surface area contributed by atoms with Gasteiger partial charge in [0.25, 0.3) is 0 Å². The van der Waals surface area contributed by atoms with Crippen LogP contribution < -0.4 is 10.6 Å². The minimum atomic E-state index is 0.0748. The zero-order valence-corrected chi connectivity index (χ0v) is 11.9. The Balaban J connectivity index is 1.57. The second kappa shape index (κ2) is 6.92. The highest BCUT2D eigenvalue weighted by Gasteiger charge is 2.24. The minimum Gasteiger partial charge on any atom is -0.355 e. The first-order valence-electron chi connectivity index (χ1n) is 7.72. The van der Waals surface area contributed by atoms with Gasteiger partial charge in [-0.1, -0.05) is 19.8 Å². The van der Waals surface area contributed by atoms with Crippen LogP contribution in [0.3, 0.4) is 0 Å². The maximum atomic E-state index is 11.8. The number of amides is 2. The Labute approximate surface area is 115 Å². The Kier molecular flexibility index (Phi) is 5.23. The smallest absolute Gasteiger partial charge is 0.223 e. The van der Waals surface area contributed by atoms with Crippen molar-refractivity contribution in [2.75, 3.05) is 6.54 Å². The van der Waals surface area contributed by atoms with Crippen LogP contribution in [0.5, 0.6) is 0 Å². The van der Waals surface area contributed by atoms with Crippen LogP contribution in [0, 0.1) is 11.8 Å². The fourth-order valence-corrected chi connectivity index (χ4v) is 3.27. The first-order chi connectivity index (χ1) is 9.15. The fourth-order valence-electron chi connectivity index (χ4n) is 3.27. The van der Waals surface area contributed by atoms with E-state index in [2.05, 4.69) is 17.6 Å². The molecule has 0 saturated heterocycles. The normalized spacial score (nSPS) is 27.4. The van der Waals surface area contributed by atoms with Gasteiger partial charge in [0, 0.05) is 24.9 Å². The van der Waals surface area contributed by atoms with Gasteiger partial charge in [-0.15, -0.1) is 0 Å². The predicted octanol–water partition coefficient (Wildman–Crippen LogP) is 1.99. The van der Waals surface area contributed by atoms with Gasteiger partial charge in [-0.25, -0.2) is 0 Å². The lowest BCUT2D eigenvalue weighted by Gasteiger charge is -2.13. The number of rotatable bonds is 5. The summed E-state index contributed by atoms with van der Waals surface area (Å²) < 4.78 is 0. The summed E-state index contributed by atoms with van der Waals surface area (Å²) in [7, 11) is 0. The van der Waals surface area contributed by atoms with Crippen molar-refractivity contribution >= 4 is 11.8 Å². The SMILES string of the molecule is CC1CCC(NC(=O)CCNC(=O)C2CCCC2)C1. The van der Waals surface area contributed by atoms with Gasteiger partial charge in [-0.05, 0) is 38.0 Å². The molecule has 0 aromatic rings. The van der Waals surface area contributed by atoms with E-state index in [4.69, 9.17) is 0 Å². The van der Waals surface area contributed by atoms with E-state index in [0.29, 0.717) is 19.0 Å². The molecular weight excluding hydrogens is 240 g/mol. The summed E-state index contributed by atoms with van der Waals surface area (Å²) in [6.45, 7) is 2.71.